The van der Waals surface area contributed by atoms with Gasteiger partial charge in [0, 0.05) is 12.2 Å². The van der Waals surface area contributed by atoms with Crippen LogP contribution >= 0.6 is 11.6 Å². The maximum absolute atomic E-state index is 13.0. The van der Waals surface area contributed by atoms with Crippen LogP contribution in [0.25, 0.3) is 0 Å². The highest BCUT2D eigenvalue weighted by Gasteiger charge is 2.23. The van der Waals surface area contributed by atoms with E-state index in [0.29, 0.717) is 0 Å². The molecular formula is C13H16ClFN2O. The number of carbonyl (C=O) groups is 1. The first-order chi connectivity index (χ1) is 8.66. The summed E-state index contributed by atoms with van der Waals surface area (Å²) in [7, 11) is 0. The highest BCUT2D eigenvalue weighted by Crippen LogP contribution is 2.22. The van der Waals surface area contributed by atoms with Crippen LogP contribution in [0.5, 0.6) is 0 Å². The fourth-order valence-electron chi connectivity index (χ4n) is 2.21. The van der Waals surface area contributed by atoms with Gasteiger partial charge in [0.05, 0.1) is 17.1 Å². The van der Waals surface area contributed by atoms with E-state index in [2.05, 4.69) is 10.3 Å². The van der Waals surface area contributed by atoms with Gasteiger partial charge in [-0.25, -0.2) is 4.39 Å². The number of amides is 1. The molecular weight excluding hydrogens is 255 g/mol. The van der Waals surface area contributed by atoms with Gasteiger partial charge >= 0.3 is 0 Å². The summed E-state index contributed by atoms with van der Waals surface area (Å²) in [6, 6.07) is 1.15. The normalized spacial score (nSPS) is 24.3. The summed E-state index contributed by atoms with van der Waals surface area (Å²) in [6.07, 6.45) is 7.54. The van der Waals surface area contributed by atoms with E-state index in [-0.39, 0.29) is 22.9 Å². The van der Waals surface area contributed by atoms with Crippen molar-refractivity contribution in [1.82, 2.24) is 10.3 Å². The van der Waals surface area contributed by atoms with Crippen LogP contribution in [0.3, 0.4) is 0 Å². The SMILES string of the molecule is O=C(NC1CCCCCC1Cl)c1cncc(F)c1. The van der Waals surface area contributed by atoms with Gasteiger partial charge in [-0.1, -0.05) is 19.3 Å². The minimum Gasteiger partial charge on any atom is -0.348 e. The zero-order valence-corrected chi connectivity index (χ0v) is 10.8. The Morgan fingerprint density at radius 2 is 2.11 bits per heavy atom. The Morgan fingerprint density at radius 3 is 2.89 bits per heavy atom. The molecule has 2 rings (SSSR count). The molecule has 1 saturated carbocycles. The summed E-state index contributed by atoms with van der Waals surface area (Å²) >= 11 is 6.25. The van der Waals surface area contributed by atoms with Gasteiger partial charge < -0.3 is 5.32 Å². The monoisotopic (exact) mass is 270 g/mol. The number of halogens is 2. The van der Waals surface area contributed by atoms with Crippen molar-refractivity contribution >= 4 is 17.5 Å². The van der Waals surface area contributed by atoms with E-state index in [4.69, 9.17) is 11.6 Å². The Kier molecular flexibility index (Phi) is 4.53. The van der Waals surface area contributed by atoms with Crippen LogP contribution in [0, 0.1) is 5.82 Å². The lowest BCUT2D eigenvalue weighted by atomic mass is 10.1. The minimum atomic E-state index is -0.508. The van der Waals surface area contributed by atoms with Gasteiger partial charge in [-0.3, -0.25) is 9.78 Å². The molecule has 1 aromatic heterocycles. The molecule has 1 heterocycles. The third kappa shape index (κ3) is 3.42. The molecule has 3 nitrogen and oxygen atoms in total. The van der Waals surface area contributed by atoms with Crippen molar-refractivity contribution in [3.8, 4) is 0 Å². The van der Waals surface area contributed by atoms with Gasteiger partial charge in [-0.2, -0.15) is 0 Å². The maximum Gasteiger partial charge on any atom is 0.253 e. The molecule has 2 atom stereocenters. The van der Waals surface area contributed by atoms with Gasteiger partial charge in [-0.05, 0) is 18.9 Å². The molecule has 1 aliphatic rings. The van der Waals surface area contributed by atoms with Crippen LogP contribution in [-0.2, 0) is 0 Å². The van der Waals surface area contributed by atoms with Crippen molar-refractivity contribution in [2.24, 2.45) is 0 Å². The summed E-state index contributed by atoms with van der Waals surface area (Å²) in [6.45, 7) is 0. The summed E-state index contributed by atoms with van der Waals surface area (Å²) in [5.74, 6) is -0.814. The van der Waals surface area contributed by atoms with E-state index < -0.39 is 5.82 Å². The number of hydrogen-bond acceptors (Lipinski definition) is 2. The Hall–Kier alpha value is -1.16. The van der Waals surface area contributed by atoms with Gasteiger partial charge in [0.25, 0.3) is 5.91 Å². The number of pyridine rings is 1. The van der Waals surface area contributed by atoms with Crippen molar-refractivity contribution < 1.29 is 9.18 Å². The molecule has 1 fully saturated rings. The molecule has 1 aromatic rings. The molecule has 18 heavy (non-hydrogen) atoms. The molecule has 1 N–H and O–H groups in total. The number of nitrogens with zero attached hydrogens (tertiary/aromatic N) is 1. The predicted octanol–water partition coefficient (Wildman–Crippen LogP) is 2.89. The maximum atomic E-state index is 13.0. The van der Waals surface area contributed by atoms with E-state index in [1.54, 1.807) is 0 Å². The average molecular weight is 271 g/mol. The average Bonchev–Trinajstić information content (AvgIpc) is 2.55. The van der Waals surface area contributed by atoms with E-state index in [0.717, 1.165) is 38.3 Å². The number of rotatable bonds is 2. The second-order valence-electron chi connectivity index (χ2n) is 4.63. The van der Waals surface area contributed by atoms with Crippen LogP contribution in [0.2, 0.25) is 0 Å². The molecule has 0 bridgehead atoms. The third-order valence-corrected chi connectivity index (χ3v) is 3.74. The minimum absolute atomic E-state index is 0.0371. The van der Waals surface area contributed by atoms with Crippen molar-refractivity contribution in [3.05, 3.63) is 29.8 Å². The highest BCUT2D eigenvalue weighted by atomic mass is 35.5. The lowest BCUT2D eigenvalue weighted by Gasteiger charge is -2.21. The van der Waals surface area contributed by atoms with Crippen LogP contribution in [0.1, 0.15) is 42.5 Å². The first kappa shape index (κ1) is 13.3. The summed E-state index contributed by atoms with van der Waals surface area (Å²) < 4.78 is 13.0. The largest absolute Gasteiger partial charge is 0.348 e. The van der Waals surface area contributed by atoms with E-state index in [1.807, 2.05) is 0 Å². The fourth-order valence-corrected chi connectivity index (χ4v) is 2.56. The molecule has 0 spiro atoms. The van der Waals surface area contributed by atoms with Crippen molar-refractivity contribution in [1.29, 1.82) is 0 Å². The van der Waals surface area contributed by atoms with Crippen molar-refractivity contribution in [3.63, 3.8) is 0 Å². The number of alkyl halides is 1. The molecule has 2 unspecified atom stereocenters. The number of aromatic nitrogens is 1. The van der Waals surface area contributed by atoms with E-state index >= 15 is 0 Å². The van der Waals surface area contributed by atoms with Crippen molar-refractivity contribution in [2.75, 3.05) is 0 Å². The highest BCUT2D eigenvalue weighted by molar-refractivity contribution is 6.21. The second kappa shape index (κ2) is 6.14. The quantitative estimate of drug-likeness (QED) is 0.663. The smallest absolute Gasteiger partial charge is 0.253 e. The van der Waals surface area contributed by atoms with E-state index in [9.17, 15) is 9.18 Å². The molecule has 0 saturated heterocycles. The standard InChI is InChI=1S/C13H16ClFN2O/c14-11-4-2-1-3-5-12(11)17-13(18)9-6-10(15)8-16-7-9/h6-8,11-12H,1-5H2,(H,17,18). The summed E-state index contributed by atoms with van der Waals surface area (Å²) in [5, 5.41) is 2.83. The summed E-state index contributed by atoms with van der Waals surface area (Å²) in [5.41, 5.74) is 0.239. The fraction of sp³-hybridized carbons (Fsp3) is 0.538. The molecule has 0 aromatic carbocycles. The molecule has 1 aliphatic carbocycles. The Balaban J connectivity index is 2.01. The first-order valence-electron chi connectivity index (χ1n) is 6.22. The summed E-state index contributed by atoms with van der Waals surface area (Å²) in [4.78, 5) is 15.6. The zero-order valence-electron chi connectivity index (χ0n) is 10.0. The molecule has 5 heteroatoms. The molecule has 1 amide bonds. The predicted molar refractivity (Wildman–Crippen MR) is 68.2 cm³/mol. The molecule has 98 valence electrons. The number of hydrogen-bond donors (Lipinski definition) is 1. The van der Waals surface area contributed by atoms with Gasteiger partial charge in [0.2, 0.25) is 0 Å². The van der Waals surface area contributed by atoms with Crippen LogP contribution in [0.4, 0.5) is 4.39 Å². The second-order valence-corrected chi connectivity index (χ2v) is 5.19. The van der Waals surface area contributed by atoms with Gasteiger partial charge in [0.1, 0.15) is 5.82 Å². The van der Waals surface area contributed by atoms with Crippen LogP contribution in [-0.4, -0.2) is 22.3 Å². The Bertz CT molecular complexity index is 427. The van der Waals surface area contributed by atoms with Crippen LogP contribution < -0.4 is 5.32 Å². The van der Waals surface area contributed by atoms with Gasteiger partial charge in [-0.15, -0.1) is 11.6 Å². The van der Waals surface area contributed by atoms with Crippen molar-refractivity contribution in [2.45, 2.75) is 43.5 Å². The zero-order chi connectivity index (χ0) is 13.0. The lowest BCUT2D eigenvalue weighted by Crippen LogP contribution is -2.40. The van der Waals surface area contributed by atoms with Crippen LogP contribution in [0.15, 0.2) is 18.5 Å². The number of nitrogens with one attached hydrogen (secondary N) is 1. The molecule has 0 radical (unpaired) electrons. The Labute approximate surface area is 111 Å². The topological polar surface area (TPSA) is 42.0 Å². The lowest BCUT2D eigenvalue weighted by molar-refractivity contribution is 0.0933. The molecule has 0 aliphatic heterocycles. The van der Waals surface area contributed by atoms with E-state index in [1.165, 1.54) is 12.3 Å². The first-order valence-corrected chi connectivity index (χ1v) is 6.66. The third-order valence-electron chi connectivity index (χ3n) is 3.22. The number of carbonyl (C=O) groups excluding carboxylic acids is 1. The van der Waals surface area contributed by atoms with Gasteiger partial charge in [0.15, 0.2) is 0 Å². The Morgan fingerprint density at radius 1 is 1.33 bits per heavy atom.